The van der Waals surface area contributed by atoms with Crippen LogP contribution in [0.3, 0.4) is 0 Å². The van der Waals surface area contributed by atoms with Crippen LogP contribution in [0.1, 0.15) is 11.3 Å². The summed E-state index contributed by atoms with van der Waals surface area (Å²) in [5.41, 5.74) is 3.75. The fourth-order valence-corrected chi connectivity index (χ4v) is 4.10. The van der Waals surface area contributed by atoms with Gasteiger partial charge in [-0.25, -0.2) is 9.97 Å². The summed E-state index contributed by atoms with van der Waals surface area (Å²) in [6.07, 6.45) is 0.901. The van der Waals surface area contributed by atoms with Crippen LogP contribution < -0.4 is 5.32 Å². The molecular weight excluding hydrogens is 374 g/mol. The molecule has 7 heteroatoms. The van der Waals surface area contributed by atoms with Gasteiger partial charge in [-0.2, -0.15) is 0 Å². The quantitative estimate of drug-likeness (QED) is 0.525. The van der Waals surface area contributed by atoms with E-state index >= 15 is 0 Å². The number of nitrogens with zero attached hydrogens (tertiary/aromatic N) is 2. The van der Waals surface area contributed by atoms with E-state index in [2.05, 4.69) is 5.32 Å². The van der Waals surface area contributed by atoms with Crippen molar-refractivity contribution in [2.45, 2.75) is 17.9 Å². The Morgan fingerprint density at radius 3 is 2.86 bits per heavy atom. The van der Waals surface area contributed by atoms with E-state index in [9.17, 15) is 5.11 Å². The molecule has 0 unspecified atom stereocenters. The van der Waals surface area contributed by atoms with Gasteiger partial charge in [-0.15, -0.1) is 11.8 Å². The average Bonchev–Trinajstić information content (AvgIpc) is 3.18. The van der Waals surface area contributed by atoms with Crippen molar-refractivity contribution in [3.05, 3.63) is 59.8 Å². The number of fused-ring (bicyclic) bond motifs is 1. The number of aryl methyl sites for hydroxylation is 1. The van der Waals surface area contributed by atoms with Gasteiger partial charge in [0, 0.05) is 23.4 Å². The second-order valence-electron chi connectivity index (χ2n) is 6.42. The maximum absolute atomic E-state index is 9.79. The largest absolute Gasteiger partial charge is 0.508 e. The fourth-order valence-electron chi connectivity index (χ4n) is 3.06. The fraction of sp³-hybridized carbons (Fsp3) is 0.238. The molecule has 0 saturated carbocycles. The number of thioether (sulfide) groups is 1. The first-order valence-corrected chi connectivity index (χ1v) is 10.1. The standard InChI is InChI=1S/C21H21N3O3S/c25-8-9-27-13-14-3-1-5-16(11-14)22-21-19-18(7-10-28-19)23-20(24-21)15-4-2-6-17(26)12-15/h1-6,11-12,25-26H,7-10,13H2,(H,22,23,24). The van der Waals surface area contributed by atoms with Crippen molar-refractivity contribution in [3.8, 4) is 17.1 Å². The van der Waals surface area contributed by atoms with Gasteiger partial charge in [0.15, 0.2) is 5.82 Å². The molecule has 0 aliphatic carbocycles. The lowest BCUT2D eigenvalue weighted by Crippen LogP contribution is -2.03. The SMILES string of the molecule is OCCOCc1cccc(Nc2nc(-c3cccc(O)c3)nc3c2SCC3)c1. The minimum absolute atomic E-state index is 0.0139. The lowest BCUT2D eigenvalue weighted by Gasteiger charge is -2.13. The van der Waals surface area contributed by atoms with Gasteiger partial charge in [0.2, 0.25) is 0 Å². The van der Waals surface area contributed by atoms with Gasteiger partial charge >= 0.3 is 0 Å². The van der Waals surface area contributed by atoms with Crippen LogP contribution in [0, 0.1) is 0 Å². The minimum atomic E-state index is 0.0139. The molecule has 0 spiro atoms. The number of aliphatic hydroxyl groups excluding tert-OH is 1. The maximum atomic E-state index is 9.79. The third kappa shape index (κ3) is 4.27. The molecule has 0 atom stereocenters. The normalized spacial score (nSPS) is 12.8. The van der Waals surface area contributed by atoms with Gasteiger partial charge in [-0.3, -0.25) is 0 Å². The number of hydrogen-bond acceptors (Lipinski definition) is 7. The van der Waals surface area contributed by atoms with Crippen molar-refractivity contribution in [3.63, 3.8) is 0 Å². The van der Waals surface area contributed by atoms with Crippen molar-refractivity contribution in [1.29, 1.82) is 0 Å². The molecule has 28 heavy (non-hydrogen) atoms. The van der Waals surface area contributed by atoms with Crippen LogP contribution in [-0.2, 0) is 17.8 Å². The number of phenols is 1. The summed E-state index contributed by atoms with van der Waals surface area (Å²) in [5.74, 6) is 2.56. The summed E-state index contributed by atoms with van der Waals surface area (Å²) in [5, 5.41) is 22.1. The number of benzene rings is 2. The van der Waals surface area contributed by atoms with E-state index in [0.29, 0.717) is 19.0 Å². The van der Waals surface area contributed by atoms with Gasteiger partial charge in [0.25, 0.3) is 0 Å². The van der Waals surface area contributed by atoms with Gasteiger partial charge in [-0.05, 0) is 29.8 Å². The zero-order chi connectivity index (χ0) is 19.3. The lowest BCUT2D eigenvalue weighted by molar-refractivity contribution is 0.0816. The summed E-state index contributed by atoms with van der Waals surface area (Å²) >= 11 is 1.75. The molecule has 2 heterocycles. The number of rotatable bonds is 7. The predicted molar refractivity (Wildman–Crippen MR) is 110 cm³/mol. The first-order valence-electron chi connectivity index (χ1n) is 9.10. The molecule has 0 bridgehead atoms. The second-order valence-corrected chi connectivity index (χ2v) is 7.53. The van der Waals surface area contributed by atoms with E-state index in [4.69, 9.17) is 19.8 Å². The molecule has 4 rings (SSSR count). The Hall–Kier alpha value is -2.61. The highest BCUT2D eigenvalue weighted by Crippen LogP contribution is 2.38. The van der Waals surface area contributed by atoms with Crippen LogP contribution >= 0.6 is 11.8 Å². The van der Waals surface area contributed by atoms with Crippen molar-refractivity contribution in [2.24, 2.45) is 0 Å². The molecule has 3 N–H and O–H groups in total. The van der Waals surface area contributed by atoms with Crippen LogP contribution in [0.15, 0.2) is 53.4 Å². The van der Waals surface area contributed by atoms with Crippen LogP contribution in [-0.4, -0.2) is 39.1 Å². The smallest absolute Gasteiger partial charge is 0.161 e. The second kappa shape index (κ2) is 8.60. The molecule has 3 aromatic rings. The molecular formula is C21H21N3O3S. The topological polar surface area (TPSA) is 87.5 Å². The average molecular weight is 395 g/mol. The first-order chi connectivity index (χ1) is 13.7. The van der Waals surface area contributed by atoms with Crippen LogP contribution in [0.5, 0.6) is 5.75 Å². The van der Waals surface area contributed by atoms with E-state index in [1.165, 1.54) is 0 Å². The number of aromatic hydroxyl groups is 1. The van der Waals surface area contributed by atoms with E-state index in [-0.39, 0.29) is 12.4 Å². The van der Waals surface area contributed by atoms with Crippen LogP contribution in [0.25, 0.3) is 11.4 Å². The Labute approximate surface area is 167 Å². The molecule has 1 aliphatic heterocycles. The molecule has 0 saturated heterocycles. The monoisotopic (exact) mass is 395 g/mol. The highest BCUT2D eigenvalue weighted by atomic mass is 32.2. The van der Waals surface area contributed by atoms with Gasteiger partial charge in [0.1, 0.15) is 11.6 Å². The molecule has 1 aliphatic rings. The molecule has 6 nitrogen and oxygen atoms in total. The van der Waals surface area contributed by atoms with Crippen LogP contribution in [0.2, 0.25) is 0 Å². The number of phenolic OH excluding ortho intramolecular Hbond substituents is 1. The Kier molecular flexibility index (Phi) is 5.76. The summed E-state index contributed by atoms with van der Waals surface area (Å²) < 4.78 is 5.41. The molecule has 2 aromatic carbocycles. The summed E-state index contributed by atoms with van der Waals surface area (Å²) in [6.45, 7) is 0.780. The molecule has 0 fully saturated rings. The number of ether oxygens (including phenoxy) is 1. The molecule has 0 radical (unpaired) electrons. The summed E-state index contributed by atoms with van der Waals surface area (Å²) in [6, 6.07) is 14.9. The first kappa shape index (κ1) is 18.7. The van der Waals surface area contributed by atoms with E-state index in [0.717, 1.165) is 45.4 Å². The predicted octanol–water partition coefficient (Wildman–Crippen LogP) is 3.75. The van der Waals surface area contributed by atoms with Gasteiger partial charge < -0.3 is 20.3 Å². The van der Waals surface area contributed by atoms with E-state index < -0.39 is 0 Å². The maximum Gasteiger partial charge on any atom is 0.161 e. The van der Waals surface area contributed by atoms with Gasteiger partial charge in [0.05, 0.1) is 30.4 Å². The Morgan fingerprint density at radius 2 is 2.00 bits per heavy atom. The van der Waals surface area contributed by atoms with Crippen molar-refractivity contribution in [2.75, 3.05) is 24.3 Å². The number of aromatic nitrogens is 2. The Bertz CT molecular complexity index is 981. The zero-order valence-electron chi connectivity index (χ0n) is 15.3. The van der Waals surface area contributed by atoms with Gasteiger partial charge in [-0.1, -0.05) is 24.3 Å². The van der Waals surface area contributed by atoms with Crippen molar-refractivity contribution < 1.29 is 14.9 Å². The van der Waals surface area contributed by atoms with Crippen LogP contribution in [0.4, 0.5) is 11.5 Å². The lowest BCUT2D eigenvalue weighted by atomic mass is 10.2. The van der Waals surface area contributed by atoms with E-state index in [1.54, 1.807) is 30.0 Å². The number of hydrogen-bond donors (Lipinski definition) is 3. The minimum Gasteiger partial charge on any atom is -0.508 e. The highest BCUT2D eigenvalue weighted by molar-refractivity contribution is 7.99. The van der Waals surface area contributed by atoms with E-state index in [1.807, 2.05) is 30.3 Å². The number of anilines is 2. The third-order valence-electron chi connectivity index (χ3n) is 4.32. The van der Waals surface area contributed by atoms with Crippen molar-refractivity contribution >= 4 is 23.3 Å². The molecule has 1 aromatic heterocycles. The Balaban J connectivity index is 1.63. The zero-order valence-corrected chi connectivity index (χ0v) is 16.1. The molecule has 144 valence electrons. The molecule has 0 amide bonds. The van der Waals surface area contributed by atoms with Crippen molar-refractivity contribution in [1.82, 2.24) is 9.97 Å². The Morgan fingerprint density at radius 1 is 1.11 bits per heavy atom. The summed E-state index contributed by atoms with van der Waals surface area (Å²) in [4.78, 5) is 10.5. The summed E-state index contributed by atoms with van der Waals surface area (Å²) in [7, 11) is 0. The highest BCUT2D eigenvalue weighted by Gasteiger charge is 2.21. The third-order valence-corrected chi connectivity index (χ3v) is 5.45. The number of nitrogens with one attached hydrogen (secondary N) is 1. The number of aliphatic hydroxyl groups is 1.